The molecule has 8 fully saturated rings. The van der Waals surface area contributed by atoms with Gasteiger partial charge in [-0.05, 0) is 57.8 Å². The third kappa shape index (κ3) is 13.1. The van der Waals surface area contributed by atoms with Gasteiger partial charge in [-0.2, -0.15) is 0 Å². The molecule has 5 aliphatic heterocycles. The van der Waals surface area contributed by atoms with E-state index < -0.39 is 215 Å². The van der Waals surface area contributed by atoms with Crippen molar-refractivity contribution in [3.63, 3.8) is 0 Å². The van der Waals surface area contributed by atoms with E-state index in [-0.39, 0.29) is 38.0 Å². The highest BCUT2D eigenvalue weighted by Crippen LogP contribution is 2.44. The van der Waals surface area contributed by atoms with Crippen molar-refractivity contribution < 1.29 is 139 Å². The van der Waals surface area contributed by atoms with Gasteiger partial charge in [0, 0.05) is 24.8 Å². The van der Waals surface area contributed by atoms with Crippen LogP contribution in [0.4, 0.5) is 0 Å². The van der Waals surface area contributed by atoms with Crippen LogP contribution in [0.25, 0.3) is 0 Å². The van der Waals surface area contributed by atoms with Gasteiger partial charge in [0.25, 0.3) is 0 Å². The van der Waals surface area contributed by atoms with Gasteiger partial charge >= 0.3 is 5.97 Å². The first kappa shape index (κ1) is 60.3. The van der Waals surface area contributed by atoms with Crippen LogP contribution in [0.2, 0.25) is 0 Å². The molecule has 3 aliphatic carbocycles. The molecule has 0 aromatic heterocycles. The minimum Gasteiger partial charge on any atom is -0.454 e. The van der Waals surface area contributed by atoms with Crippen LogP contribution in [0.15, 0.2) is 12.2 Å². The summed E-state index contributed by atoms with van der Waals surface area (Å²) in [5, 5.41) is 180. The molecule has 438 valence electrons. The van der Waals surface area contributed by atoms with Gasteiger partial charge < -0.3 is 134 Å². The van der Waals surface area contributed by atoms with Crippen LogP contribution >= 0.6 is 0 Å². The third-order valence-electron chi connectivity index (χ3n) is 16.6. The number of carbonyl (C=O) groups is 1. The number of aliphatic hydroxyl groups excluding tert-OH is 17. The Bertz CT molecular complexity index is 1850. The number of allylic oxidation sites excluding steroid dienone is 1. The van der Waals surface area contributed by atoms with E-state index in [2.05, 4.69) is 0 Å². The lowest BCUT2D eigenvalue weighted by molar-refractivity contribution is -0.381. The highest BCUT2D eigenvalue weighted by atomic mass is 16.8. The van der Waals surface area contributed by atoms with Crippen LogP contribution in [0.1, 0.15) is 64.7 Å². The molecule has 28 atom stereocenters. The average molecular weight is 1100 g/mol. The lowest BCUT2D eigenvalue weighted by Crippen LogP contribution is -2.66. The molecule has 0 aromatic rings. The second-order valence-electron chi connectivity index (χ2n) is 21.8. The maximum Gasteiger partial charge on any atom is 0.330 e. The maximum atomic E-state index is 13.0. The highest BCUT2D eigenvalue weighted by molar-refractivity contribution is 5.82. The van der Waals surface area contributed by atoms with Crippen molar-refractivity contribution in [2.75, 3.05) is 19.8 Å². The Morgan fingerprint density at radius 2 is 1.01 bits per heavy atom. The summed E-state index contributed by atoms with van der Waals surface area (Å²) in [6, 6.07) is 0. The molecule has 0 aromatic carbocycles. The quantitative estimate of drug-likeness (QED) is 0.0411. The molecule has 18 N–H and O–H groups in total. The van der Waals surface area contributed by atoms with Crippen LogP contribution in [-0.4, -0.2) is 295 Å². The zero-order valence-corrected chi connectivity index (χ0v) is 41.7. The lowest BCUT2D eigenvalue weighted by Gasteiger charge is -2.50. The average Bonchev–Trinajstić information content (AvgIpc) is 3.40. The topological polar surface area (TPSA) is 457 Å². The Hall–Kier alpha value is -1.83. The molecule has 0 amide bonds. The smallest absolute Gasteiger partial charge is 0.330 e. The monoisotopic (exact) mass is 1100 g/mol. The van der Waals surface area contributed by atoms with Crippen molar-refractivity contribution >= 4 is 5.97 Å². The Kier molecular flexibility index (Phi) is 20.6. The predicted molar refractivity (Wildman–Crippen MR) is 246 cm³/mol. The van der Waals surface area contributed by atoms with Crippen molar-refractivity contribution in [2.45, 2.75) is 242 Å². The summed E-state index contributed by atoms with van der Waals surface area (Å²) in [6.45, 7) is -0.752. The Balaban J connectivity index is 0.875. The van der Waals surface area contributed by atoms with Crippen molar-refractivity contribution in [2.24, 2.45) is 17.8 Å². The second kappa shape index (κ2) is 26.0. The van der Waals surface area contributed by atoms with E-state index in [0.717, 1.165) is 0 Å². The van der Waals surface area contributed by atoms with Crippen LogP contribution in [0.5, 0.6) is 0 Å². The van der Waals surface area contributed by atoms with Gasteiger partial charge in [0.1, 0.15) is 97.7 Å². The Morgan fingerprint density at radius 3 is 1.58 bits per heavy atom. The summed E-state index contributed by atoms with van der Waals surface area (Å²) < 4.78 is 57.7. The lowest BCUT2D eigenvalue weighted by atomic mass is 9.72. The van der Waals surface area contributed by atoms with E-state index >= 15 is 0 Å². The van der Waals surface area contributed by atoms with Crippen LogP contribution in [0.3, 0.4) is 0 Å². The maximum absolute atomic E-state index is 13.0. The van der Waals surface area contributed by atoms with Gasteiger partial charge in [-0.1, -0.05) is 6.08 Å². The van der Waals surface area contributed by atoms with Crippen molar-refractivity contribution in [1.29, 1.82) is 0 Å². The molecule has 8 aliphatic rings. The van der Waals surface area contributed by atoms with Gasteiger partial charge in [-0.15, -0.1) is 0 Å². The fourth-order valence-corrected chi connectivity index (χ4v) is 12.2. The Morgan fingerprint density at radius 1 is 0.513 bits per heavy atom. The van der Waals surface area contributed by atoms with Gasteiger partial charge in [0.05, 0.1) is 62.4 Å². The number of aliphatic hydroxyl groups is 19. The first-order valence-electron chi connectivity index (χ1n) is 26.3. The minimum absolute atomic E-state index is 0.0122. The number of hydrogen-bond donors (Lipinski definition) is 17. The summed E-state index contributed by atoms with van der Waals surface area (Å²) in [5.74, 6) is -2.27. The van der Waals surface area contributed by atoms with Gasteiger partial charge in [0.2, 0.25) is 0 Å². The summed E-state index contributed by atoms with van der Waals surface area (Å²) >= 11 is 0. The minimum atomic E-state index is -1.95. The van der Waals surface area contributed by atoms with Gasteiger partial charge in [-0.3, -0.25) is 0 Å². The molecule has 76 heavy (non-hydrogen) atoms. The van der Waals surface area contributed by atoms with E-state index in [1.165, 1.54) is 13.0 Å². The zero-order valence-electron chi connectivity index (χ0n) is 41.7. The first-order valence-corrected chi connectivity index (χ1v) is 26.3. The molecule has 5 saturated heterocycles. The summed E-state index contributed by atoms with van der Waals surface area (Å²) in [6.07, 6.45) is -36.2. The van der Waals surface area contributed by atoms with E-state index in [9.17, 15) is 91.6 Å². The highest BCUT2D eigenvalue weighted by Gasteiger charge is 2.58. The molecule has 28 unspecified atom stereocenters. The van der Waals surface area contributed by atoms with Crippen molar-refractivity contribution in [1.82, 2.24) is 0 Å². The predicted octanol–water partition coefficient (Wildman–Crippen LogP) is -8.38. The number of hydrogen-bond acceptors (Lipinski definition) is 27. The van der Waals surface area contributed by atoms with E-state index in [1.54, 1.807) is 6.08 Å². The van der Waals surface area contributed by atoms with Crippen molar-refractivity contribution in [3.8, 4) is 0 Å². The fraction of sp³-hybridized carbons (Fsp3) is 0.938. The Labute approximate surface area is 436 Å². The van der Waals surface area contributed by atoms with Crippen LogP contribution in [-0.2, 0) is 47.4 Å². The number of rotatable bonds is 15. The molecule has 28 heteroatoms. The first-order chi connectivity index (χ1) is 36.1. The SMILES string of the molecule is CC1OC(OC2C(CO)OC(OC3CC4C(OC5OC(CO)C(O)C(O)C5O)CC(O)CC4[OH+]C3C3CC(O)C(O)C(O)C3)C(O)C2O)C(O)C(O)C1OC(=O)C=CC1CCC(OC2OC(CO)C(O)C(O)C2O)CC1. The molecule has 5 heterocycles. The molecule has 0 radical (unpaired) electrons. The molecule has 0 spiro atoms. The van der Waals surface area contributed by atoms with E-state index in [4.69, 9.17) is 47.4 Å². The normalized spacial score (nSPS) is 52.5. The molecule has 8 rings (SSSR count). The standard InChI is InChI=1S/C48H78O28/c1-16-42(75-30(55)7-4-17-2-5-20(6-3-17)68-46-38(63)34(59)32(57)27(13-49)72-46)36(61)40(65)45(67-16)76-44-29(15-51)74-48(41(66)37(44)62)71-26-12-21-24(69-43(26)18-8-22(53)31(56)23(54)9-18)10-19(52)11-25(21)70-47-39(64)35(60)33(58)28(14-50)73-47/h4,7,16-29,31-54,56-66H,2-3,5-6,8-15H2,1H3/p+1. The molecule has 3 saturated carbocycles. The third-order valence-corrected chi connectivity index (χ3v) is 16.6. The number of esters is 1. The number of ether oxygens (including phenoxy) is 10. The van der Waals surface area contributed by atoms with Crippen molar-refractivity contribution in [3.05, 3.63) is 12.2 Å². The number of fused-ring (bicyclic) bond motifs is 1. The summed E-state index contributed by atoms with van der Waals surface area (Å²) in [4.78, 5) is 13.0. The largest absolute Gasteiger partial charge is 0.454 e. The van der Waals surface area contributed by atoms with Crippen LogP contribution < -0.4 is 0 Å². The summed E-state index contributed by atoms with van der Waals surface area (Å²) in [7, 11) is 0. The van der Waals surface area contributed by atoms with E-state index in [0.29, 0.717) is 25.7 Å². The second-order valence-corrected chi connectivity index (χ2v) is 21.8. The molecule has 0 bridgehead atoms. The summed E-state index contributed by atoms with van der Waals surface area (Å²) in [5.41, 5.74) is 0. The molecular formula is C48H79O28+. The van der Waals surface area contributed by atoms with Gasteiger partial charge in [-0.25, -0.2) is 4.79 Å². The zero-order chi connectivity index (χ0) is 55.0. The van der Waals surface area contributed by atoms with Gasteiger partial charge in [0.15, 0.2) is 43.5 Å². The van der Waals surface area contributed by atoms with Crippen LogP contribution in [0, 0.1) is 17.8 Å². The molecular weight excluding hydrogens is 1020 g/mol. The fourth-order valence-electron chi connectivity index (χ4n) is 12.2. The number of carbonyl (C=O) groups excluding carboxylic acids is 1. The van der Waals surface area contributed by atoms with E-state index in [1.807, 2.05) is 0 Å². The molecule has 28 nitrogen and oxygen atoms in total.